The Bertz CT molecular complexity index is 599. The average Bonchev–Trinajstić information content (AvgIpc) is 2.42. The first-order valence-corrected chi connectivity index (χ1v) is 5.91. The van der Waals surface area contributed by atoms with Crippen LogP contribution in [0.25, 0.3) is 0 Å². The third kappa shape index (κ3) is 3.24. The van der Waals surface area contributed by atoms with E-state index in [0.29, 0.717) is 22.9 Å². The van der Waals surface area contributed by atoms with Crippen molar-refractivity contribution in [2.24, 2.45) is 5.73 Å². The summed E-state index contributed by atoms with van der Waals surface area (Å²) < 4.78 is 10.7. The molecule has 0 bridgehead atoms. The van der Waals surface area contributed by atoms with Crippen LogP contribution in [-0.2, 0) is 9.53 Å². The van der Waals surface area contributed by atoms with Gasteiger partial charge >= 0.3 is 0 Å². The summed E-state index contributed by atoms with van der Waals surface area (Å²) >= 11 is 0. The molecule has 1 atom stereocenters. The second-order valence-corrected chi connectivity index (χ2v) is 4.11. The Morgan fingerprint density at radius 1 is 1.20 bits per heavy atom. The smallest absolute Gasteiger partial charge is 0.252 e. The summed E-state index contributed by atoms with van der Waals surface area (Å²) in [7, 11) is 1.39. The minimum Gasteiger partial charge on any atom is -0.457 e. The van der Waals surface area contributed by atoms with Gasteiger partial charge in [0.2, 0.25) is 0 Å². The number of nitrogens with two attached hydrogens (primary N) is 2. The number of nitrogens with zero attached hydrogens (tertiary/aromatic N) is 1. The van der Waals surface area contributed by atoms with E-state index >= 15 is 0 Å². The van der Waals surface area contributed by atoms with Crippen molar-refractivity contribution in [3.63, 3.8) is 0 Å². The van der Waals surface area contributed by atoms with Crippen molar-refractivity contribution in [3.05, 3.63) is 48.3 Å². The molecule has 1 heterocycles. The third-order valence-electron chi connectivity index (χ3n) is 2.63. The van der Waals surface area contributed by atoms with Gasteiger partial charge in [0.05, 0.1) is 5.69 Å². The highest BCUT2D eigenvalue weighted by Crippen LogP contribution is 2.24. The molecule has 1 unspecified atom stereocenters. The van der Waals surface area contributed by atoms with Crippen LogP contribution >= 0.6 is 0 Å². The number of rotatable bonds is 5. The highest BCUT2D eigenvalue weighted by Gasteiger charge is 2.18. The summed E-state index contributed by atoms with van der Waals surface area (Å²) in [6.45, 7) is 0. The fourth-order valence-corrected chi connectivity index (χ4v) is 1.69. The zero-order chi connectivity index (χ0) is 14.5. The quantitative estimate of drug-likeness (QED) is 0.806. The van der Waals surface area contributed by atoms with Gasteiger partial charge < -0.3 is 20.9 Å². The van der Waals surface area contributed by atoms with Crippen LogP contribution in [0.4, 0.5) is 5.69 Å². The van der Waals surface area contributed by atoms with Crippen molar-refractivity contribution in [1.29, 1.82) is 0 Å². The molecule has 0 saturated carbocycles. The van der Waals surface area contributed by atoms with Crippen molar-refractivity contribution in [3.8, 4) is 11.5 Å². The van der Waals surface area contributed by atoms with Gasteiger partial charge in [-0.25, -0.2) is 0 Å². The number of amides is 1. The summed E-state index contributed by atoms with van der Waals surface area (Å²) in [5.41, 5.74) is 11.9. The highest BCUT2D eigenvalue weighted by molar-refractivity contribution is 5.80. The van der Waals surface area contributed by atoms with Gasteiger partial charge in [-0.15, -0.1) is 0 Å². The van der Waals surface area contributed by atoms with Crippen LogP contribution in [0.1, 0.15) is 11.8 Å². The second-order valence-electron chi connectivity index (χ2n) is 4.11. The molecule has 6 nitrogen and oxygen atoms in total. The van der Waals surface area contributed by atoms with Crippen molar-refractivity contribution in [1.82, 2.24) is 4.98 Å². The van der Waals surface area contributed by atoms with Crippen LogP contribution in [0.2, 0.25) is 0 Å². The molecule has 4 N–H and O–H groups in total. The van der Waals surface area contributed by atoms with Crippen LogP contribution in [0, 0.1) is 0 Å². The molecule has 0 aliphatic heterocycles. The van der Waals surface area contributed by atoms with Gasteiger partial charge in [-0.3, -0.25) is 9.78 Å². The van der Waals surface area contributed by atoms with Gasteiger partial charge in [0.15, 0.2) is 6.10 Å². The normalized spacial score (nSPS) is 11.8. The number of methoxy groups -OCH3 is 1. The standard InChI is InChI=1S/C14H15N3O3/c1-19-13(14(16)18)12-8-11(6-7-17-12)20-10-4-2-9(15)3-5-10/h2-8,13H,15H2,1H3,(H2,16,18). The molecule has 0 radical (unpaired) electrons. The Balaban J connectivity index is 2.21. The van der Waals surface area contributed by atoms with Crippen LogP contribution in [0.3, 0.4) is 0 Å². The summed E-state index contributed by atoms with van der Waals surface area (Å²) in [6, 6.07) is 10.2. The number of ether oxygens (including phenoxy) is 2. The van der Waals surface area contributed by atoms with E-state index in [0.717, 1.165) is 0 Å². The number of primary amides is 1. The van der Waals surface area contributed by atoms with Crippen LogP contribution < -0.4 is 16.2 Å². The third-order valence-corrected chi connectivity index (χ3v) is 2.63. The number of aromatic nitrogens is 1. The Morgan fingerprint density at radius 2 is 1.90 bits per heavy atom. The van der Waals surface area contributed by atoms with Crippen molar-refractivity contribution < 1.29 is 14.3 Å². The molecular formula is C14H15N3O3. The van der Waals surface area contributed by atoms with E-state index in [2.05, 4.69) is 4.98 Å². The first kappa shape index (κ1) is 13.8. The van der Waals surface area contributed by atoms with Gasteiger partial charge in [-0.2, -0.15) is 0 Å². The minimum absolute atomic E-state index is 0.396. The zero-order valence-electron chi connectivity index (χ0n) is 10.9. The van der Waals surface area contributed by atoms with E-state index in [9.17, 15) is 4.79 Å². The topological polar surface area (TPSA) is 100 Å². The number of hydrogen-bond donors (Lipinski definition) is 2. The highest BCUT2D eigenvalue weighted by atomic mass is 16.5. The van der Waals surface area contributed by atoms with Gasteiger partial charge in [-0.1, -0.05) is 0 Å². The Labute approximate surface area is 116 Å². The second kappa shape index (κ2) is 6.03. The summed E-state index contributed by atoms with van der Waals surface area (Å²) in [5, 5.41) is 0. The number of hydrogen-bond acceptors (Lipinski definition) is 5. The molecule has 0 aliphatic rings. The lowest BCUT2D eigenvalue weighted by Crippen LogP contribution is -2.23. The predicted octanol–water partition coefficient (Wildman–Crippen LogP) is 1.63. The predicted molar refractivity (Wildman–Crippen MR) is 74.1 cm³/mol. The Kier molecular flexibility index (Phi) is 4.17. The summed E-state index contributed by atoms with van der Waals surface area (Å²) in [5.74, 6) is 0.553. The zero-order valence-corrected chi connectivity index (χ0v) is 10.9. The SMILES string of the molecule is COC(C(N)=O)c1cc(Oc2ccc(N)cc2)ccn1. The van der Waals surface area contributed by atoms with E-state index in [1.807, 2.05) is 0 Å². The number of carbonyl (C=O) groups is 1. The fourth-order valence-electron chi connectivity index (χ4n) is 1.69. The maximum Gasteiger partial charge on any atom is 0.252 e. The maximum atomic E-state index is 11.2. The minimum atomic E-state index is -0.898. The number of nitrogen functional groups attached to an aromatic ring is 1. The lowest BCUT2D eigenvalue weighted by Gasteiger charge is -2.12. The van der Waals surface area contributed by atoms with E-state index < -0.39 is 12.0 Å². The van der Waals surface area contributed by atoms with Crippen molar-refractivity contribution >= 4 is 11.6 Å². The van der Waals surface area contributed by atoms with Gasteiger partial charge in [0.25, 0.3) is 5.91 Å². The van der Waals surface area contributed by atoms with Crippen molar-refractivity contribution in [2.75, 3.05) is 12.8 Å². The molecule has 0 aliphatic carbocycles. The molecule has 0 spiro atoms. The molecular weight excluding hydrogens is 258 g/mol. The van der Waals surface area contributed by atoms with Crippen LogP contribution in [0.5, 0.6) is 11.5 Å². The molecule has 2 aromatic rings. The Hall–Kier alpha value is -2.60. The number of benzene rings is 1. The molecule has 0 fully saturated rings. The van der Waals surface area contributed by atoms with Gasteiger partial charge in [-0.05, 0) is 30.3 Å². The van der Waals surface area contributed by atoms with E-state index in [4.69, 9.17) is 20.9 Å². The van der Waals surface area contributed by atoms with Gasteiger partial charge in [0.1, 0.15) is 11.5 Å². The molecule has 6 heteroatoms. The van der Waals surface area contributed by atoms with Gasteiger partial charge in [0, 0.05) is 25.1 Å². The molecule has 1 aromatic carbocycles. The summed E-state index contributed by atoms with van der Waals surface area (Å²) in [6.07, 6.45) is 0.627. The molecule has 2 rings (SSSR count). The molecule has 1 aromatic heterocycles. The molecule has 1 amide bonds. The van der Waals surface area contributed by atoms with E-state index in [1.54, 1.807) is 36.4 Å². The maximum absolute atomic E-state index is 11.2. The lowest BCUT2D eigenvalue weighted by molar-refractivity contribution is -0.128. The first-order chi connectivity index (χ1) is 9.60. The first-order valence-electron chi connectivity index (χ1n) is 5.91. The lowest BCUT2D eigenvalue weighted by atomic mass is 10.2. The largest absolute Gasteiger partial charge is 0.457 e. The monoisotopic (exact) mass is 273 g/mol. The number of carbonyl (C=O) groups excluding carboxylic acids is 1. The van der Waals surface area contributed by atoms with Crippen LogP contribution in [-0.4, -0.2) is 18.0 Å². The van der Waals surface area contributed by atoms with Crippen molar-refractivity contribution in [2.45, 2.75) is 6.10 Å². The fraction of sp³-hybridized carbons (Fsp3) is 0.143. The van der Waals surface area contributed by atoms with E-state index in [1.165, 1.54) is 13.3 Å². The Morgan fingerprint density at radius 3 is 2.50 bits per heavy atom. The average molecular weight is 273 g/mol. The molecule has 104 valence electrons. The van der Waals surface area contributed by atoms with Crippen LogP contribution in [0.15, 0.2) is 42.6 Å². The van der Waals surface area contributed by atoms with E-state index in [-0.39, 0.29) is 0 Å². The number of anilines is 1. The molecule has 0 saturated heterocycles. The molecule has 20 heavy (non-hydrogen) atoms. The summed E-state index contributed by atoms with van der Waals surface area (Å²) in [4.78, 5) is 15.3. The number of pyridine rings is 1.